The van der Waals surface area contributed by atoms with Crippen LogP contribution in [0.2, 0.25) is 0 Å². The molecular weight excluding hydrogens is 400 g/mol. The van der Waals surface area contributed by atoms with Crippen molar-refractivity contribution >= 4 is 16.9 Å². The fourth-order valence-electron chi connectivity index (χ4n) is 3.74. The highest BCUT2D eigenvalue weighted by molar-refractivity contribution is 5.98. The first kappa shape index (κ1) is 21.7. The molecule has 3 aromatic carbocycles. The molecule has 0 fully saturated rings. The zero-order valence-corrected chi connectivity index (χ0v) is 18.3. The molecule has 1 aromatic heterocycles. The number of amides is 1. The van der Waals surface area contributed by atoms with Crippen LogP contribution in [-0.2, 0) is 19.4 Å². The number of hydrogen-bond donors (Lipinski definition) is 2. The van der Waals surface area contributed by atoms with Gasteiger partial charge in [-0.2, -0.15) is 0 Å². The first-order valence-corrected chi connectivity index (χ1v) is 10.9. The number of furan rings is 1. The molecule has 1 heterocycles. The molecule has 0 saturated heterocycles. The largest absolute Gasteiger partial charge is 0.493 e. The van der Waals surface area contributed by atoms with E-state index >= 15 is 0 Å². The third kappa shape index (κ3) is 5.37. The zero-order chi connectivity index (χ0) is 22.2. The fraction of sp³-hybridized carbons (Fsp3) is 0.222. The minimum atomic E-state index is -0.237. The number of carbonyl (C=O) groups excluding carboxylic acids is 1. The number of methoxy groups -OCH3 is 1. The van der Waals surface area contributed by atoms with E-state index in [2.05, 4.69) is 34.9 Å². The van der Waals surface area contributed by atoms with E-state index in [0.29, 0.717) is 23.6 Å². The van der Waals surface area contributed by atoms with Crippen molar-refractivity contribution in [3.8, 4) is 5.75 Å². The van der Waals surface area contributed by atoms with Gasteiger partial charge >= 0.3 is 0 Å². The van der Waals surface area contributed by atoms with Crippen LogP contribution in [0.1, 0.15) is 27.2 Å². The first-order chi connectivity index (χ1) is 15.7. The first-order valence-electron chi connectivity index (χ1n) is 10.9. The average molecular weight is 429 g/mol. The van der Waals surface area contributed by atoms with E-state index in [1.165, 1.54) is 5.56 Å². The van der Waals surface area contributed by atoms with Gasteiger partial charge in [-0.05, 0) is 54.8 Å². The van der Waals surface area contributed by atoms with Crippen LogP contribution in [0.15, 0.2) is 83.3 Å². The topological polar surface area (TPSA) is 63.5 Å². The third-order valence-electron chi connectivity index (χ3n) is 5.48. The smallest absolute Gasteiger partial charge is 0.287 e. The Morgan fingerprint density at radius 1 is 0.875 bits per heavy atom. The predicted molar refractivity (Wildman–Crippen MR) is 127 cm³/mol. The second-order valence-electron chi connectivity index (χ2n) is 7.68. The molecule has 0 spiro atoms. The summed E-state index contributed by atoms with van der Waals surface area (Å²) in [5.41, 5.74) is 4.10. The molecule has 0 bridgehead atoms. The van der Waals surface area contributed by atoms with Gasteiger partial charge in [0.1, 0.15) is 0 Å². The molecule has 5 nitrogen and oxygen atoms in total. The van der Waals surface area contributed by atoms with Crippen molar-refractivity contribution in [2.75, 3.05) is 20.2 Å². The molecule has 2 N–H and O–H groups in total. The summed E-state index contributed by atoms with van der Waals surface area (Å²) in [6.45, 7) is 2.21. The van der Waals surface area contributed by atoms with Crippen molar-refractivity contribution < 1.29 is 13.9 Å². The zero-order valence-electron chi connectivity index (χ0n) is 18.3. The van der Waals surface area contributed by atoms with Gasteiger partial charge in [-0.1, -0.05) is 66.7 Å². The van der Waals surface area contributed by atoms with Crippen molar-refractivity contribution in [2.45, 2.75) is 19.4 Å². The van der Waals surface area contributed by atoms with Gasteiger partial charge < -0.3 is 19.8 Å². The highest BCUT2D eigenvalue weighted by Gasteiger charge is 2.17. The van der Waals surface area contributed by atoms with Crippen molar-refractivity contribution in [3.63, 3.8) is 0 Å². The Balaban J connectivity index is 1.40. The lowest BCUT2D eigenvalue weighted by Gasteiger charge is -2.08. The Morgan fingerprint density at radius 3 is 2.28 bits per heavy atom. The van der Waals surface area contributed by atoms with E-state index in [4.69, 9.17) is 9.15 Å². The summed E-state index contributed by atoms with van der Waals surface area (Å²) in [7, 11) is 1.61. The maximum Gasteiger partial charge on any atom is 0.287 e. The number of nitrogens with one attached hydrogen (secondary N) is 2. The minimum Gasteiger partial charge on any atom is -0.493 e. The summed E-state index contributed by atoms with van der Waals surface area (Å²) in [6.07, 6.45) is 1.83. The third-order valence-corrected chi connectivity index (χ3v) is 5.48. The summed E-state index contributed by atoms with van der Waals surface area (Å²) in [6, 6.07) is 26.0. The molecule has 4 rings (SSSR count). The second-order valence-corrected chi connectivity index (χ2v) is 7.68. The van der Waals surface area contributed by atoms with E-state index in [1.54, 1.807) is 7.11 Å². The summed E-state index contributed by atoms with van der Waals surface area (Å²) in [4.78, 5) is 12.7. The van der Waals surface area contributed by atoms with E-state index in [1.807, 2.05) is 54.6 Å². The maximum absolute atomic E-state index is 12.7. The van der Waals surface area contributed by atoms with Gasteiger partial charge in [-0.15, -0.1) is 0 Å². The Kier molecular flexibility index (Phi) is 7.20. The molecule has 0 unspecified atom stereocenters. The van der Waals surface area contributed by atoms with Crippen molar-refractivity contribution in [2.24, 2.45) is 0 Å². The standard InChI is InChI=1S/C27H28N2O3/c1-31-24-13-12-22(15-17-28-16-14-20-8-4-2-5-9-20)23-18-25(32-26(23)24)27(30)29-19-21-10-6-3-7-11-21/h2-13,18,28H,14-17,19H2,1H3,(H,29,30). The summed E-state index contributed by atoms with van der Waals surface area (Å²) in [5, 5.41) is 7.34. The highest BCUT2D eigenvalue weighted by Crippen LogP contribution is 2.31. The molecule has 0 atom stereocenters. The number of benzene rings is 3. The van der Waals surface area contributed by atoms with Crippen LogP contribution in [0.25, 0.3) is 11.0 Å². The number of rotatable bonds is 10. The Hall–Kier alpha value is -3.57. The summed E-state index contributed by atoms with van der Waals surface area (Å²) >= 11 is 0. The van der Waals surface area contributed by atoms with Crippen molar-refractivity contribution in [1.29, 1.82) is 0 Å². The van der Waals surface area contributed by atoms with Crippen LogP contribution in [0.5, 0.6) is 5.75 Å². The van der Waals surface area contributed by atoms with Crippen LogP contribution in [0.4, 0.5) is 0 Å². The molecule has 0 aliphatic heterocycles. The van der Waals surface area contributed by atoms with Gasteiger partial charge in [0.15, 0.2) is 17.1 Å². The normalized spacial score (nSPS) is 10.9. The molecule has 5 heteroatoms. The molecule has 4 aromatic rings. The molecule has 32 heavy (non-hydrogen) atoms. The van der Waals surface area contributed by atoms with E-state index in [0.717, 1.165) is 42.4 Å². The molecule has 164 valence electrons. The lowest BCUT2D eigenvalue weighted by atomic mass is 10.1. The number of ether oxygens (including phenoxy) is 1. The number of hydrogen-bond acceptors (Lipinski definition) is 4. The van der Waals surface area contributed by atoms with E-state index in [-0.39, 0.29) is 5.91 Å². The molecule has 0 aliphatic rings. The van der Waals surface area contributed by atoms with Crippen LogP contribution in [0.3, 0.4) is 0 Å². The monoisotopic (exact) mass is 428 g/mol. The van der Waals surface area contributed by atoms with E-state index < -0.39 is 0 Å². The Labute approximate surface area is 188 Å². The van der Waals surface area contributed by atoms with Crippen LogP contribution >= 0.6 is 0 Å². The quantitative estimate of drug-likeness (QED) is 0.358. The van der Waals surface area contributed by atoms with Crippen molar-refractivity contribution in [1.82, 2.24) is 10.6 Å². The van der Waals surface area contributed by atoms with Gasteiger partial charge in [0.2, 0.25) is 0 Å². The van der Waals surface area contributed by atoms with Crippen LogP contribution < -0.4 is 15.4 Å². The molecule has 0 radical (unpaired) electrons. The van der Waals surface area contributed by atoms with Gasteiger partial charge in [0, 0.05) is 11.9 Å². The molecule has 1 amide bonds. The Bertz CT molecular complexity index is 1150. The van der Waals surface area contributed by atoms with Gasteiger partial charge in [-0.25, -0.2) is 0 Å². The summed E-state index contributed by atoms with van der Waals surface area (Å²) < 4.78 is 11.4. The van der Waals surface area contributed by atoms with Gasteiger partial charge in [0.25, 0.3) is 5.91 Å². The minimum absolute atomic E-state index is 0.237. The number of carbonyl (C=O) groups is 1. The van der Waals surface area contributed by atoms with E-state index in [9.17, 15) is 4.79 Å². The molecule has 0 aliphatic carbocycles. The fourth-order valence-corrected chi connectivity index (χ4v) is 3.74. The van der Waals surface area contributed by atoms with Gasteiger partial charge in [0.05, 0.1) is 7.11 Å². The maximum atomic E-state index is 12.7. The second kappa shape index (κ2) is 10.6. The molecular formula is C27H28N2O3. The van der Waals surface area contributed by atoms with Crippen LogP contribution in [-0.4, -0.2) is 26.1 Å². The lowest BCUT2D eigenvalue weighted by molar-refractivity contribution is 0.0925. The predicted octanol–water partition coefficient (Wildman–Crippen LogP) is 4.75. The Morgan fingerprint density at radius 2 is 1.56 bits per heavy atom. The lowest BCUT2D eigenvalue weighted by Crippen LogP contribution is -2.22. The molecule has 0 saturated carbocycles. The number of fused-ring (bicyclic) bond motifs is 1. The SMILES string of the molecule is COc1ccc(CCNCCc2ccccc2)c2cc(C(=O)NCc3ccccc3)oc12. The summed E-state index contributed by atoms with van der Waals surface area (Å²) in [5.74, 6) is 0.681. The highest BCUT2D eigenvalue weighted by atomic mass is 16.5. The van der Waals surface area contributed by atoms with Gasteiger partial charge in [-0.3, -0.25) is 4.79 Å². The van der Waals surface area contributed by atoms with Crippen LogP contribution in [0, 0.1) is 0 Å². The van der Waals surface area contributed by atoms with Crippen molar-refractivity contribution in [3.05, 3.63) is 101 Å². The average Bonchev–Trinajstić information content (AvgIpc) is 3.30.